The summed E-state index contributed by atoms with van der Waals surface area (Å²) < 4.78 is 12.7. The monoisotopic (exact) mass is 298 g/mol. The van der Waals surface area contributed by atoms with E-state index in [1.807, 2.05) is 36.4 Å². The first kappa shape index (κ1) is 16.0. The summed E-state index contributed by atoms with van der Waals surface area (Å²) in [6.07, 6.45) is 0.880. The van der Waals surface area contributed by atoms with Crippen LogP contribution in [-0.2, 0) is 13.0 Å². The van der Waals surface area contributed by atoms with Crippen LogP contribution in [-0.4, -0.2) is 6.54 Å². The van der Waals surface area contributed by atoms with Gasteiger partial charge in [0.15, 0.2) is 0 Å². The minimum absolute atomic E-state index is 0. The number of halogens is 3. The van der Waals surface area contributed by atoms with E-state index < -0.39 is 0 Å². The summed E-state index contributed by atoms with van der Waals surface area (Å²) in [4.78, 5) is 0. The molecule has 1 nitrogen and oxygen atoms in total. The first-order chi connectivity index (χ1) is 8.75. The Balaban J connectivity index is 0.00000180. The van der Waals surface area contributed by atoms with Gasteiger partial charge in [0.2, 0.25) is 0 Å². The molecule has 0 aliphatic carbocycles. The third kappa shape index (κ3) is 5.19. The zero-order chi connectivity index (χ0) is 12.8. The number of benzene rings is 2. The van der Waals surface area contributed by atoms with E-state index in [0.717, 1.165) is 35.7 Å². The second-order valence-electron chi connectivity index (χ2n) is 4.14. The lowest BCUT2D eigenvalue weighted by Gasteiger charge is -2.06. The molecule has 2 rings (SSSR count). The fraction of sp³-hybridized carbons (Fsp3) is 0.200. The topological polar surface area (TPSA) is 12.0 Å². The molecule has 19 heavy (non-hydrogen) atoms. The highest BCUT2D eigenvalue weighted by molar-refractivity contribution is 6.31. The average molecular weight is 299 g/mol. The zero-order valence-electron chi connectivity index (χ0n) is 10.4. The first-order valence-electron chi connectivity index (χ1n) is 5.94. The number of rotatable bonds is 5. The van der Waals surface area contributed by atoms with Gasteiger partial charge in [-0.2, -0.15) is 0 Å². The third-order valence-electron chi connectivity index (χ3n) is 2.78. The van der Waals surface area contributed by atoms with E-state index in [-0.39, 0.29) is 18.2 Å². The molecule has 0 aliphatic heterocycles. The summed E-state index contributed by atoms with van der Waals surface area (Å²) in [7, 11) is 0. The largest absolute Gasteiger partial charge is 1.00 e. The van der Waals surface area contributed by atoms with Crippen LogP contribution in [0.2, 0.25) is 5.02 Å². The summed E-state index contributed by atoms with van der Waals surface area (Å²) in [5.41, 5.74) is 2.22. The molecule has 0 aliphatic rings. The van der Waals surface area contributed by atoms with Crippen LogP contribution in [0.5, 0.6) is 0 Å². The molecular formula is C15H15Cl2FN-. The van der Waals surface area contributed by atoms with Crippen LogP contribution < -0.4 is 17.7 Å². The zero-order valence-corrected chi connectivity index (χ0v) is 11.9. The predicted octanol–water partition coefficient (Wildman–Crippen LogP) is 0.815. The summed E-state index contributed by atoms with van der Waals surface area (Å²) in [5.74, 6) is -0.192. The Morgan fingerprint density at radius 3 is 2.37 bits per heavy atom. The maximum Gasteiger partial charge on any atom is 0.123 e. The van der Waals surface area contributed by atoms with E-state index in [1.165, 1.54) is 12.1 Å². The molecule has 0 unspecified atom stereocenters. The summed E-state index contributed by atoms with van der Waals surface area (Å²) in [5, 5.41) is 4.11. The van der Waals surface area contributed by atoms with Gasteiger partial charge in [-0.1, -0.05) is 41.9 Å². The molecule has 4 heteroatoms. The van der Waals surface area contributed by atoms with Crippen molar-refractivity contribution in [3.63, 3.8) is 0 Å². The Morgan fingerprint density at radius 2 is 1.68 bits per heavy atom. The smallest absolute Gasteiger partial charge is 0.123 e. The Bertz CT molecular complexity index is 500. The van der Waals surface area contributed by atoms with Gasteiger partial charge in [-0.25, -0.2) is 4.39 Å². The molecule has 2 aromatic carbocycles. The summed E-state index contributed by atoms with van der Waals surface area (Å²) in [6, 6.07) is 14.4. The highest BCUT2D eigenvalue weighted by Crippen LogP contribution is 2.14. The fourth-order valence-corrected chi connectivity index (χ4v) is 1.95. The quantitative estimate of drug-likeness (QED) is 0.806. The highest BCUT2D eigenvalue weighted by atomic mass is 35.5. The van der Waals surface area contributed by atoms with Crippen LogP contribution >= 0.6 is 11.6 Å². The highest BCUT2D eigenvalue weighted by Gasteiger charge is 1.98. The Kier molecular flexibility index (Phi) is 6.85. The van der Waals surface area contributed by atoms with Gasteiger partial charge in [-0.3, -0.25) is 0 Å². The molecule has 1 N–H and O–H groups in total. The van der Waals surface area contributed by atoms with Crippen molar-refractivity contribution in [3.8, 4) is 0 Å². The van der Waals surface area contributed by atoms with Crippen LogP contribution in [0.1, 0.15) is 11.1 Å². The van der Waals surface area contributed by atoms with Gasteiger partial charge in [0.1, 0.15) is 5.82 Å². The molecular weight excluding hydrogens is 284 g/mol. The van der Waals surface area contributed by atoms with Crippen LogP contribution in [0, 0.1) is 5.82 Å². The van der Waals surface area contributed by atoms with Gasteiger partial charge < -0.3 is 17.7 Å². The lowest BCUT2D eigenvalue weighted by Crippen LogP contribution is -3.00. The maximum absolute atomic E-state index is 12.7. The normalized spacial score (nSPS) is 10.0. The number of nitrogens with one attached hydrogen (secondary N) is 1. The van der Waals surface area contributed by atoms with Gasteiger partial charge in [0.05, 0.1) is 0 Å². The molecule has 0 spiro atoms. The molecule has 0 aromatic heterocycles. The molecule has 0 saturated heterocycles. The second kappa shape index (κ2) is 8.16. The van der Waals surface area contributed by atoms with E-state index in [9.17, 15) is 4.39 Å². The van der Waals surface area contributed by atoms with Gasteiger partial charge in [-0.15, -0.1) is 0 Å². The number of hydrogen-bond acceptors (Lipinski definition) is 1. The molecule has 0 fully saturated rings. The van der Waals surface area contributed by atoms with E-state index in [4.69, 9.17) is 11.6 Å². The molecule has 0 heterocycles. The van der Waals surface area contributed by atoms with Crippen LogP contribution in [0.25, 0.3) is 0 Å². The Hall–Kier alpha value is -1.09. The average Bonchev–Trinajstić information content (AvgIpc) is 2.39. The minimum atomic E-state index is -0.192. The first-order valence-corrected chi connectivity index (χ1v) is 6.32. The Labute approximate surface area is 124 Å². The van der Waals surface area contributed by atoms with Crippen molar-refractivity contribution in [1.82, 2.24) is 5.32 Å². The van der Waals surface area contributed by atoms with Crippen LogP contribution in [0.4, 0.5) is 4.39 Å². The van der Waals surface area contributed by atoms with E-state index in [1.54, 1.807) is 0 Å². The van der Waals surface area contributed by atoms with Gasteiger partial charge >= 0.3 is 0 Å². The van der Waals surface area contributed by atoms with Gasteiger partial charge in [0.25, 0.3) is 0 Å². The van der Waals surface area contributed by atoms with Crippen molar-refractivity contribution in [1.29, 1.82) is 0 Å². The Morgan fingerprint density at radius 1 is 1.00 bits per heavy atom. The van der Waals surface area contributed by atoms with E-state index >= 15 is 0 Å². The molecule has 0 saturated carbocycles. The molecule has 0 bridgehead atoms. The molecule has 102 valence electrons. The number of hydrogen-bond donors (Lipinski definition) is 1. The lowest BCUT2D eigenvalue weighted by molar-refractivity contribution is -0.00000419. The minimum Gasteiger partial charge on any atom is -1.00 e. The lowest BCUT2D eigenvalue weighted by atomic mass is 10.1. The SMILES string of the molecule is Fc1ccc(CCNCc2ccccc2Cl)cc1.[Cl-]. The van der Waals surface area contributed by atoms with Crippen LogP contribution in [0.3, 0.4) is 0 Å². The van der Waals surface area contributed by atoms with Crippen molar-refractivity contribution in [3.05, 3.63) is 70.5 Å². The van der Waals surface area contributed by atoms with Crippen molar-refractivity contribution in [2.75, 3.05) is 6.54 Å². The van der Waals surface area contributed by atoms with Crippen molar-refractivity contribution in [2.24, 2.45) is 0 Å². The molecule has 0 amide bonds. The van der Waals surface area contributed by atoms with E-state index in [2.05, 4.69) is 5.32 Å². The van der Waals surface area contributed by atoms with Crippen molar-refractivity contribution in [2.45, 2.75) is 13.0 Å². The van der Waals surface area contributed by atoms with Crippen LogP contribution in [0.15, 0.2) is 48.5 Å². The molecule has 0 atom stereocenters. The summed E-state index contributed by atoms with van der Waals surface area (Å²) in [6.45, 7) is 1.59. The van der Waals surface area contributed by atoms with Crippen molar-refractivity contribution >= 4 is 11.6 Å². The summed E-state index contributed by atoms with van der Waals surface area (Å²) >= 11 is 6.06. The van der Waals surface area contributed by atoms with E-state index in [0.29, 0.717) is 0 Å². The van der Waals surface area contributed by atoms with Crippen molar-refractivity contribution < 1.29 is 16.8 Å². The second-order valence-corrected chi connectivity index (χ2v) is 4.55. The standard InChI is InChI=1S/C15H15ClFN.ClH/c16-15-4-2-1-3-13(15)11-18-10-9-12-5-7-14(17)8-6-12;/h1-8,18H,9-11H2;1H/p-1. The fourth-order valence-electron chi connectivity index (χ4n) is 1.75. The third-order valence-corrected chi connectivity index (χ3v) is 3.15. The van der Waals surface area contributed by atoms with Gasteiger partial charge in [0, 0.05) is 11.6 Å². The predicted molar refractivity (Wildman–Crippen MR) is 73.3 cm³/mol. The molecule has 2 aromatic rings. The molecule has 0 radical (unpaired) electrons. The maximum atomic E-state index is 12.7. The van der Waals surface area contributed by atoms with Gasteiger partial charge in [-0.05, 0) is 42.3 Å².